The van der Waals surface area contributed by atoms with Gasteiger partial charge >= 0.3 is 0 Å². The highest BCUT2D eigenvalue weighted by atomic mass is 127. The molecule has 0 spiro atoms. The van der Waals surface area contributed by atoms with Crippen LogP contribution in [0.3, 0.4) is 0 Å². The van der Waals surface area contributed by atoms with Gasteiger partial charge in [-0.15, -0.1) is 0 Å². The zero-order valence-corrected chi connectivity index (χ0v) is 19.8. The van der Waals surface area contributed by atoms with Crippen molar-refractivity contribution in [2.24, 2.45) is 0 Å². The SMILES string of the molecule is CC(C)c1ccc(OCC(=O)NNC(=S)NC(=O)c2ccccc2I)c(Br)c1. The van der Waals surface area contributed by atoms with E-state index >= 15 is 0 Å². The summed E-state index contributed by atoms with van der Waals surface area (Å²) < 4.78 is 7.08. The third kappa shape index (κ3) is 6.71. The molecular weight excluding hydrogens is 557 g/mol. The van der Waals surface area contributed by atoms with E-state index in [-0.39, 0.29) is 17.6 Å². The quantitative estimate of drug-likeness (QED) is 0.286. The molecule has 2 aromatic rings. The Morgan fingerprint density at radius 1 is 1.18 bits per heavy atom. The molecule has 0 aliphatic carbocycles. The average molecular weight is 576 g/mol. The van der Waals surface area contributed by atoms with E-state index in [0.29, 0.717) is 17.2 Å². The fraction of sp³-hybridized carbons (Fsp3) is 0.211. The van der Waals surface area contributed by atoms with Crippen LogP contribution in [0.4, 0.5) is 0 Å². The number of nitrogens with one attached hydrogen (secondary N) is 3. The van der Waals surface area contributed by atoms with Gasteiger partial charge < -0.3 is 4.74 Å². The van der Waals surface area contributed by atoms with E-state index in [0.717, 1.165) is 8.04 Å². The summed E-state index contributed by atoms with van der Waals surface area (Å²) in [4.78, 5) is 24.1. The van der Waals surface area contributed by atoms with Gasteiger partial charge in [-0.05, 0) is 86.5 Å². The lowest BCUT2D eigenvalue weighted by atomic mass is 10.0. The fourth-order valence-electron chi connectivity index (χ4n) is 2.15. The van der Waals surface area contributed by atoms with Gasteiger partial charge in [-0.2, -0.15) is 0 Å². The van der Waals surface area contributed by atoms with Gasteiger partial charge in [-0.1, -0.05) is 32.0 Å². The van der Waals surface area contributed by atoms with Crippen molar-refractivity contribution in [1.82, 2.24) is 16.2 Å². The molecule has 0 unspecified atom stereocenters. The van der Waals surface area contributed by atoms with Crippen LogP contribution in [-0.2, 0) is 4.79 Å². The number of hydrogen-bond donors (Lipinski definition) is 3. The molecule has 2 aromatic carbocycles. The first-order valence-electron chi connectivity index (χ1n) is 8.35. The molecule has 0 fully saturated rings. The average Bonchev–Trinajstić information content (AvgIpc) is 2.65. The Balaban J connectivity index is 1.78. The van der Waals surface area contributed by atoms with Gasteiger partial charge in [0.15, 0.2) is 11.7 Å². The molecule has 0 atom stereocenters. The van der Waals surface area contributed by atoms with Gasteiger partial charge in [0, 0.05) is 3.57 Å². The lowest BCUT2D eigenvalue weighted by molar-refractivity contribution is -0.123. The molecule has 3 N–H and O–H groups in total. The normalized spacial score (nSPS) is 10.3. The number of carbonyl (C=O) groups excluding carboxylic acids is 2. The van der Waals surface area contributed by atoms with Crippen molar-refractivity contribution in [3.8, 4) is 5.75 Å². The van der Waals surface area contributed by atoms with Crippen LogP contribution in [0, 0.1) is 3.57 Å². The minimum absolute atomic E-state index is 0.0135. The Morgan fingerprint density at radius 2 is 1.89 bits per heavy atom. The van der Waals surface area contributed by atoms with Crippen molar-refractivity contribution < 1.29 is 14.3 Å². The molecule has 2 amide bonds. The first-order chi connectivity index (χ1) is 13.3. The number of carbonyl (C=O) groups is 2. The third-order valence-corrected chi connectivity index (χ3v) is 5.41. The standard InChI is InChI=1S/C19H19BrIN3O3S/c1-11(2)12-7-8-16(14(20)9-12)27-10-17(25)23-24-19(28)22-18(26)13-5-3-4-6-15(13)21/h3-9,11H,10H2,1-2H3,(H,23,25)(H2,22,24,26,28). The highest BCUT2D eigenvalue weighted by molar-refractivity contribution is 14.1. The molecule has 9 heteroatoms. The van der Waals surface area contributed by atoms with Crippen LogP contribution < -0.4 is 20.9 Å². The van der Waals surface area contributed by atoms with Gasteiger partial charge in [0.25, 0.3) is 11.8 Å². The number of hydrogen-bond acceptors (Lipinski definition) is 4. The highest BCUT2D eigenvalue weighted by Crippen LogP contribution is 2.28. The summed E-state index contributed by atoms with van der Waals surface area (Å²) in [6.07, 6.45) is 0. The van der Waals surface area contributed by atoms with E-state index in [1.165, 1.54) is 5.56 Å². The Labute approximate surface area is 191 Å². The maximum Gasteiger partial charge on any atom is 0.276 e. The third-order valence-electron chi connectivity index (χ3n) is 3.64. The van der Waals surface area contributed by atoms with Crippen LogP contribution in [-0.4, -0.2) is 23.5 Å². The predicted molar refractivity (Wildman–Crippen MR) is 124 cm³/mol. The van der Waals surface area contributed by atoms with E-state index in [2.05, 4.69) is 68.5 Å². The zero-order chi connectivity index (χ0) is 20.7. The molecule has 28 heavy (non-hydrogen) atoms. The number of ether oxygens (including phenoxy) is 1. The lowest BCUT2D eigenvalue weighted by Gasteiger charge is -2.13. The Bertz CT molecular complexity index is 892. The number of thiocarbonyl (C=S) groups is 1. The van der Waals surface area contributed by atoms with Crippen molar-refractivity contribution in [3.05, 3.63) is 61.6 Å². The maximum absolute atomic E-state index is 12.2. The molecule has 6 nitrogen and oxygen atoms in total. The topological polar surface area (TPSA) is 79.5 Å². The molecule has 0 saturated heterocycles. The zero-order valence-electron chi connectivity index (χ0n) is 15.2. The maximum atomic E-state index is 12.2. The van der Waals surface area contributed by atoms with Gasteiger partial charge in [-0.25, -0.2) is 0 Å². The first kappa shape index (κ1) is 22.6. The summed E-state index contributed by atoms with van der Waals surface area (Å²) in [7, 11) is 0. The van der Waals surface area contributed by atoms with E-state index in [4.69, 9.17) is 17.0 Å². The molecule has 0 aliphatic rings. The Kier molecular flexibility index (Phi) is 8.64. The van der Waals surface area contributed by atoms with Gasteiger partial charge in [-0.3, -0.25) is 25.8 Å². The molecule has 0 saturated carbocycles. The van der Waals surface area contributed by atoms with E-state index in [1.807, 2.05) is 30.3 Å². The van der Waals surface area contributed by atoms with Crippen LogP contribution in [0.25, 0.3) is 0 Å². The van der Waals surface area contributed by atoms with Crippen LogP contribution >= 0.6 is 50.7 Å². The minimum Gasteiger partial charge on any atom is -0.483 e. The van der Waals surface area contributed by atoms with Crippen LogP contribution in [0.1, 0.15) is 35.7 Å². The highest BCUT2D eigenvalue weighted by Gasteiger charge is 2.12. The first-order valence-corrected chi connectivity index (χ1v) is 10.6. The van der Waals surface area contributed by atoms with Crippen LogP contribution in [0.2, 0.25) is 0 Å². The molecule has 0 radical (unpaired) electrons. The lowest BCUT2D eigenvalue weighted by Crippen LogP contribution is -2.49. The summed E-state index contributed by atoms with van der Waals surface area (Å²) in [5, 5.41) is 2.49. The Hall–Kier alpha value is -1.72. The summed E-state index contributed by atoms with van der Waals surface area (Å²) >= 11 is 10.5. The largest absolute Gasteiger partial charge is 0.483 e. The van der Waals surface area contributed by atoms with E-state index in [1.54, 1.807) is 12.1 Å². The summed E-state index contributed by atoms with van der Waals surface area (Å²) in [6.45, 7) is 3.99. The van der Waals surface area contributed by atoms with Crippen molar-refractivity contribution >= 4 is 67.7 Å². The molecule has 0 aromatic heterocycles. The second-order valence-electron chi connectivity index (χ2n) is 6.07. The van der Waals surface area contributed by atoms with Crippen LogP contribution in [0.5, 0.6) is 5.75 Å². The van der Waals surface area contributed by atoms with Crippen molar-refractivity contribution in [2.45, 2.75) is 19.8 Å². The second kappa shape index (κ2) is 10.7. The van der Waals surface area contributed by atoms with Crippen molar-refractivity contribution in [1.29, 1.82) is 0 Å². The molecule has 2 rings (SSSR count). The number of halogens is 2. The Morgan fingerprint density at radius 3 is 2.54 bits per heavy atom. The summed E-state index contributed by atoms with van der Waals surface area (Å²) in [6, 6.07) is 12.8. The number of benzene rings is 2. The summed E-state index contributed by atoms with van der Waals surface area (Å²) in [5.41, 5.74) is 6.53. The molecular formula is C19H19BrIN3O3S. The predicted octanol–water partition coefficient (Wildman–Crippen LogP) is 3.89. The van der Waals surface area contributed by atoms with E-state index in [9.17, 15) is 9.59 Å². The number of hydrazine groups is 1. The van der Waals surface area contributed by atoms with E-state index < -0.39 is 5.91 Å². The molecule has 148 valence electrons. The van der Waals surface area contributed by atoms with Gasteiger partial charge in [0.05, 0.1) is 10.0 Å². The molecule has 0 heterocycles. The summed E-state index contributed by atoms with van der Waals surface area (Å²) in [5.74, 6) is 0.162. The van der Waals surface area contributed by atoms with Gasteiger partial charge in [0.2, 0.25) is 0 Å². The fourth-order valence-corrected chi connectivity index (χ4v) is 3.43. The second-order valence-corrected chi connectivity index (χ2v) is 8.49. The minimum atomic E-state index is -0.439. The number of rotatable bonds is 5. The molecule has 0 aliphatic heterocycles. The van der Waals surface area contributed by atoms with Gasteiger partial charge in [0.1, 0.15) is 5.75 Å². The smallest absolute Gasteiger partial charge is 0.276 e. The van der Waals surface area contributed by atoms with Crippen LogP contribution in [0.15, 0.2) is 46.9 Å². The van der Waals surface area contributed by atoms with Crippen molar-refractivity contribution in [3.63, 3.8) is 0 Å². The molecule has 0 bridgehead atoms. The van der Waals surface area contributed by atoms with Crippen molar-refractivity contribution in [2.75, 3.05) is 6.61 Å². The monoisotopic (exact) mass is 575 g/mol. The number of amides is 2.